The van der Waals surface area contributed by atoms with Crippen molar-refractivity contribution >= 4 is 16.9 Å². The second-order valence-electron chi connectivity index (χ2n) is 4.69. The summed E-state index contributed by atoms with van der Waals surface area (Å²) in [6, 6.07) is 2.25. The van der Waals surface area contributed by atoms with Gasteiger partial charge in [-0.3, -0.25) is 4.79 Å². The SMILES string of the molecule is O=C(O)c1c[nH]c2cc(CC(F)F)c(CC(F)F)cc2c1=O. The summed E-state index contributed by atoms with van der Waals surface area (Å²) >= 11 is 0. The fourth-order valence-corrected chi connectivity index (χ4v) is 2.23. The third-order valence-electron chi connectivity index (χ3n) is 3.18. The number of benzene rings is 1. The van der Waals surface area contributed by atoms with E-state index >= 15 is 0 Å². The van der Waals surface area contributed by atoms with Gasteiger partial charge in [0.1, 0.15) is 5.56 Å². The Morgan fingerprint density at radius 1 is 1.09 bits per heavy atom. The summed E-state index contributed by atoms with van der Waals surface area (Å²) in [5.41, 5.74) is -1.35. The highest BCUT2D eigenvalue weighted by Gasteiger charge is 2.17. The number of halogens is 4. The highest BCUT2D eigenvalue weighted by molar-refractivity contribution is 5.92. The lowest BCUT2D eigenvalue weighted by atomic mass is 9.98. The van der Waals surface area contributed by atoms with E-state index in [-0.39, 0.29) is 22.0 Å². The number of hydrogen-bond acceptors (Lipinski definition) is 2. The molecule has 2 aromatic rings. The molecular weight excluding hydrogens is 306 g/mol. The quantitative estimate of drug-likeness (QED) is 0.833. The van der Waals surface area contributed by atoms with E-state index in [0.29, 0.717) is 0 Å². The number of H-pyrrole nitrogens is 1. The van der Waals surface area contributed by atoms with Crippen molar-refractivity contribution in [1.29, 1.82) is 0 Å². The highest BCUT2D eigenvalue weighted by Crippen LogP contribution is 2.22. The van der Waals surface area contributed by atoms with Crippen molar-refractivity contribution in [2.45, 2.75) is 25.7 Å². The topological polar surface area (TPSA) is 70.2 Å². The molecule has 0 aliphatic heterocycles. The van der Waals surface area contributed by atoms with E-state index in [4.69, 9.17) is 5.11 Å². The number of carboxylic acids is 1. The molecule has 2 rings (SSSR count). The molecule has 1 heterocycles. The molecule has 0 radical (unpaired) electrons. The van der Waals surface area contributed by atoms with E-state index in [0.717, 1.165) is 12.3 Å². The number of aromatic carboxylic acids is 1. The van der Waals surface area contributed by atoms with Crippen LogP contribution in [0.3, 0.4) is 0 Å². The van der Waals surface area contributed by atoms with Gasteiger partial charge in [-0.05, 0) is 23.3 Å². The fourth-order valence-electron chi connectivity index (χ4n) is 2.23. The summed E-state index contributed by atoms with van der Waals surface area (Å²) in [4.78, 5) is 25.4. The minimum atomic E-state index is -2.77. The first-order chi connectivity index (χ1) is 10.3. The van der Waals surface area contributed by atoms with Gasteiger partial charge in [0.15, 0.2) is 0 Å². The minimum Gasteiger partial charge on any atom is -0.477 e. The van der Waals surface area contributed by atoms with Crippen molar-refractivity contribution in [3.8, 4) is 0 Å². The molecule has 2 N–H and O–H groups in total. The summed E-state index contributed by atoms with van der Waals surface area (Å²) < 4.78 is 50.3. The molecule has 0 saturated heterocycles. The number of alkyl halides is 4. The minimum absolute atomic E-state index is 0.00141. The van der Waals surface area contributed by atoms with E-state index < -0.39 is 42.7 Å². The molecule has 1 aromatic heterocycles. The summed E-state index contributed by atoms with van der Waals surface area (Å²) in [7, 11) is 0. The van der Waals surface area contributed by atoms with E-state index in [9.17, 15) is 27.2 Å². The lowest BCUT2D eigenvalue weighted by Crippen LogP contribution is -2.16. The Labute approximate surface area is 121 Å². The van der Waals surface area contributed by atoms with E-state index in [1.807, 2.05) is 0 Å². The maximum atomic E-state index is 12.6. The molecule has 0 unspecified atom stereocenters. The van der Waals surface area contributed by atoms with Crippen molar-refractivity contribution in [1.82, 2.24) is 4.98 Å². The number of carboxylic acid groups (broad SMARTS) is 1. The van der Waals surface area contributed by atoms with E-state index in [1.165, 1.54) is 6.07 Å². The van der Waals surface area contributed by atoms with Crippen LogP contribution in [-0.2, 0) is 12.8 Å². The Balaban J connectivity index is 2.68. The number of nitrogens with one attached hydrogen (secondary N) is 1. The largest absolute Gasteiger partial charge is 0.477 e. The van der Waals surface area contributed by atoms with Gasteiger partial charge in [0.25, 0.3) is 0 Å². The molecule has 118 valence electrons. The van der Waals surface area contributed by atoms with Crippen molar-refractivity contribution in [3.63, 3.8) is 0 Å². The van der Waals surface area contributed by atoms with Gasteiger partial charge in [-0.2, -0.15) is 0 Å². The molecular formula is C14H11F4NO3. The molecule has 8 heteroatoms. The van der Waals surface area contributed by atoms with Crippen molar-refractivity contribution in [3.05, 3.63) is 45.2 Å². The first kappa shape index (κ1) is 16.0. The van der Waals surface area contributed by atoms with Crippen LogP contribution >= 0.6 is 0 Å². The van der Waals surface area contributed by atoms with Crippen LogP contribution in [0.1, 0.15) is 21.5 Å². The van der Waals surface area contributed by atoms with Gasteiger partial charge in [0.05, 0.1) is 0 Å². The smallest absolute Gasteiger partial charge is 0.341 e. The number of rotatable bonds is 5. The Hall–Kier alpha value is -2.38. The summed E-state index contributed by atoms with van der Waals surface area (Å²) in [6.45, 7) is 0. The van der Waals surface area contributed by atoms with E-state index in [2.05, 4.69) is 4.98 Å². The van der Waals surface area contributed by atoms with Crippen LogP contribution in [0.4, 0.5) is 17.6 Å². The standard InChI is InChI=1S/C14H11F4NO3/c15-11(16)3-6-1-8-10(2-7(6)4-12(17)18)19-5-9(13(8)20)14(21)22/h1-2,5,11-12H,3-4H2,(H,19,20)(H,21,22). The average molecular weight is 317 g/mol. The van der Waals surface area contributed by atoms with Crippen molar-refractivity contribution < 1.29 is 27.5 Å². The van der Waals surface area contributed by atoms with Gasteiger partial charge in [0.2, 0.25) is 18.3 Å². The predicted octanol–water partition coefficient (Wildman–Crippen LogP) is 2.84. The Bertz CT molecular complexity index is 771. The van der Waals surface area contributed by atoms with Gasteiger partial charge in [-0.15, -0.1) is 0 Å². The number of aromatic nitrogens is 1. The van der Waals surface area contributed by atoms with Gasteiger partial charge >= 0.3 is 5.97 Å². The maximum absolute atomic E-state index is 12.6. The molecule has 22 heavy (non-hydrogen) atoms. The summed E-state index contributed by atoms with van der Waals surface area (Å²) in [6.07, 6.45) is -6.05. The second kappa shape index (κ2) is 6.17. The first-order valence-electron chi connectivity index (χ1n) is 6.26. The van der Waals surface area contributed by atoms with Gasteiger partial charge in [0, 0.05) is 29.9 Å². The van der Waals surface area contributed by atoms with Gasteiger partial charge in [-0.1, -0.05) is 0 Å². The lowest BCUT2D eigenvalue weighted by molar-refractivity contribution is 0.0695. The van der Waals surface area contributed by atoms with Crippen LogP contribution in [-0.4, -0.2) is 28.9 Å². The third kappa shape index (κ3) is 3.26. The molecule has 0 bridgehead atoms. The normalized spacial score (nSPS) is 11.5. The second-order valence-corrected chi connectivity index (χ2v) is 4.69. The molecule has 0 fully saturated rings. The van der Waals surface area contributed by atoms with Gasteiger partial charge in [-0.25, -0.2) is 22.4 Å². The third-order valence-corrected chi connectivity index (χ3v) is 3.18. The van der Waals surface area contributed by atoms with Crippen LogP contribution in [0.25, 0.3) is 10.9 Å². The zero-order valence-electron chi connectivity index (χ0n) is 11.1. The molecule has 0 aliphatic rings. The molecule has 0 aliphatic carbocycles. The van der Waals surface area contributed by atoms with Crippen molar-refractivity contribution in [2.24, 2.45) is 0 Å². The monoisotopic (exact) mass is 317 g/mol. The number of aromatic amines is 1. The van der Waals surface area contributed by atoms with Crippen LogP contribution in [0.5, 0.6) is 0 Å². The Kier molecular flexibility index (Phi) is 4.48. The molecule has 0 spiro atoms. The summed E-state index contributed by atoms with van der Waals surface area (Å²) in [5.74, 6) is -1.46. The maximum Gasteiger partial charge on any atom is 0.341 e. The fraction of sp³-hybridized carbons (Fsp3) is 0.286. The van der Waals surface area contributed by atoms with Crippen molar-refractivity contribution in [2.75, 3.05) is 0 Å². The molecule has 0 saturated carbocycles. The number of hydrogen-bond donors (Lipinski definition) is 2. The highest BCUT2D eigenvalue weighted by atomic mass is 19.3. The molecule has 0 amide bonds. The average Bonchev–Trinajstić information content (AvgIpc) is 2.39. The predicted molar refractivity (Wildman–Crippen MR) is 70.9 cm³/mol. The molecule has 1 aromatic carbocycles. The number of fused-ring (bicyclic) bond motifs is 1. The first-order valence-corrected chi connectivity index (χ1v) is 6.26. The number of pyridine rings is 1. The molecule has 4 nitrogen and oxygen atoms in total. The van der Waals surface area contributed by atoms with E-state index in [1.54, 1.807) is 0 Å². The van der Waals surface area contributed by atoms with Crippen LogP contribution in [0, 0.1) is 0 Å². The van der Waals surface area contributed by atoms with Crippen LogP contribution in [0.15, 0.2) is 23.1 Å². The van der Waals surface area contributed by atoms with Crippen LogP contribution < -0.4 is 5.43 Å². The molecule has 0 atom stereocenters. The zero-order chi connectivity index (χ0) is 16.4. The Morgan fingerprint density at radius 2 is 1.64 bits per heavy atom. The van der Waals surface area contributed by atoms with Gasteiger partial charge < -0.3 is 10.1 Å². The number of carbonyl (C=O) groups is 1. The van der Waals surface area contributed by atoms with Crippen LogP contribution in [0.2, 0.25) is 0 Å². The zero-order valence-corrected chi connectivity index (χ0v) is 11.1. The Morgan fingerprint density at radius 3 is 2.14 bits per heavy atom. The lowest BCUT2D eigenvalue weighted by Gasteiger charge is -2.11. The summed E-state index contributed by atoms with van der Waals surface area (Å²) in [5, 5.41) is 8.76.